The Labute approximate surface area is 277 Å². The molecule has 0 spiro atoms. The molecule has 4 N–H and O–H groups in total. The van der Waals surface area contributed by atoms with E-state index in [1.807, 2.05) is 12.1 Å². The minimum Gasteiger partial charge on any atom is -0.459 e. The third-order valence-corrected chi connectivity index (χ3v) is 5.64. The quantitative estimate of drug-likeness (QED) is 0.164. The molecule has 0 aromatic heterocycles. The van der Waals surface area contributed by atoms with Gasteiger partial charge in [0.2, 0.25) is 0 Å². The number of carbonyl (C=O) groups is 2. The van der Waals surface area contributed by atoms with Gasteiger partial charge in [0.15, 0.2) is 0 Å². The number of aliphatic hydroxyl groups is 4. The summed E-state index contributed by atoms with van der Waals surface area (Å²) in [6.45, 7) is 0.202. The van der Waals surface area contributed by atoms with E-state index in [1.165, 1.54) is 25.3 Å². The van der Waals surface area contributed by atoms with E-state index in [2.05, 4.69) is 60.7 Å². The zero-order valence-corrected chi connectivity index (χ0v) is 27.5. The summed E-state index contributed by atoms with van der Waals surface area (Å²) in [4.78, 5) is 22.8. The van der Waals surface area contributed by atoms with Crippen LogP contribution >= 0.6 is 0 Å². The lowest BCUT2D eigenvalue weighted by Crippen LogP contribution is -2.23. The lowest BCUT2D eigenvalue weighted by atomic mass is 10.1. The van der Waals surface area contributed by atoms with Crippen LogP contribution in [0, 0.1) is 0 Å². The smallest absolute Gasteiger partial charge is 0.338 e. The molecule has 0 aliphatic carbocycles. The first-order valence-electron chi connectivity index (χ1n) is 14.7. The number of ether oxygens (including phenoxy) is 4. The van der Waals surface area contributed by atoms with Gasteiger partial charge in [-0.1, -0.05) is 97.1 Å². The Morgan fingerprint density at radius 1 is 0.489 bits per heavy atom. The average Bonchev–Trinajstić information content (AvgIpc) is 3.14. The van der Waals surface area contributed by atoms with Crippen LogP contribution in [0.3, 0.4) is 0 Å². The fourth-order valence-electron chi connectivity index (χ4n) is 3.57. The van der Waals surface area contributed by atoms with Crippen LogP contribution in [-0.4, -0.2) is 99.4 Å². The van der Waals surface area contributed by atoms with Gasteiger partial charge in [-0.25, -0.2) is 9.59 Å². The molecule has 0 fully saturated rings. The third kappa shape index (κ3) is 21.1. The molecule has 10 nitrogen and oxygen atoms in total. The van der Waals surface area contributed by atoms with Crippen molar-refractivity contribution in [1.82, 2.24) is 0 Å². The van der Waals surface area contributed by atoms with Crippen LogP contribution in [0.25, 0.3) is 0 Å². The molecule has 0 heterocycles. The second-order valence-electron chi connectivity index (χ2n) is 9.30. The van der Waals surface area contributed by atoms with Crippen molar-refractivity contribution in [3.8, 4) is 0 Å². The topological polar surface area (TPSA) is 152 Å². The number of benzene rings is 4. The summed E-state index contributed by atoms with van der Waals surface area (Å²) >= 11 is 0. The predicted molar refractivity (Wildman–Crippen MR) is 181 cm³/mol. The molecule has 0 bridgehead atoms. The van der Waals surface area contributed by atoms with E-state index < -0.39 is 24.1 Å². The first-order valence-corrected chi connectivity index (χ1v) is 14.7. The summed E-state index contributed by atoms with van der Waals surface area (Å²) < 4.78 is 19.1. The number of hydrogen-bond acceptors (Lipinski definition) is 10. The number of aliphatic hydroxyl groups excluding tert-OH is 4. The normalized spacial score (nSPS) is 10.7. The summed E-state index contributed by atoms with van der Waals surface area (Å²) in [5.74, 6) is -0.878. The molecule has 0 aliphatic heterocycles. The standard InChI is InChI=1S/C13H12.2C11H14O4.2CH4O/c1-3-7-12(8-4-1)11-13-9-5-2-6-10-13;2*1-14-7-10(12)8-15-11(13)9-5-3-2-4-6-9;2*1-2/h1-10H,11H2;2*2-6,10,12H,7-8H2,1H3;2*2H,1H3. The van der Waals surface area contributed by atoms with E-state index in [4.69, 9.17) is 29.2 Å². The number of carbonyl (C=O) groups excluding carboxylic acids is 2. The highest BCUT2D eigenvalue weighted by atomic mass is 16.6. The SMILES string of the molecule is CO.CO.COCC(O)COC(=O)c1ccccc1.COCC(O)COC(=O)c1ccccc1.c1ccc(Cc2ccccc2)cc1. The maximum atomic E-state index is 11.4. The van der Waals surface area contributed by atoms with Crippen molar-refractivity contribution in [3.63, 3.8) is 0 Å². The van der Waals surface area contributed by atoms with Crippen molar-refractivity contribution in [2.24, 2.45) is 0 Å². The Kier molecular flexibility index (Phi) is 26.3. The zero-order chi connectivity index (χ0) is 35.1. The first-order chi connectivity index (χ1) is 22.9. The van der Waals surface area contributed by atoms with Gasteiger partial charge >= 0.3 is 11.9 Å². The van der Waals surface area contributed by atoms with E-state index in [9.17, 15) is 19.8 Å². The molecular formula is C37H48O10. The van der Waals surface area contributed by atoms with E-state index in [-0.39, 0.29) is 26.4 Å². The van der Waals surface area contributed by atoms with Gasteiger partial charge in [-0.05, 0) is 41.8 Å². The molecule has 0 aliphatic rings. The van der Waals surface area contributed by atoms with Gasteiger partial charge in [0.05, 0.1) is 24.3 Å². The summed E-state index contributed by atoms with van der Waals surface area (Å²) in [6.07, 6.45) is -0.521. The van der Waals surface area contributed by atoms with Gasteiger partial charge < -0.3 is 39.4 Å². The van der Waals surface area contributed by atoms with Gasteiger partial charge in [0.25, 0.3) is 0 Å². The Balaban J connectivity index is 0.000000641. The van der Waals surface area contributed by atoms with Gasteiger partial charge in [0.1, 0.15) is 25.4 Å². The average molecular weight is 653 g/mol. The molecule has 0 saturated carbocycles. The molecule has 4 aromatic carbocycles. The van der Waals surface area contributed by atoms with Crippen LogP contribution in [0.15, 0.2) is 121 Å². The maximum Gasteiger partial charge on any atom is 0.338 e. The number of rotatable bonds is 12. The predicted octanol–water partition coefficient (Wildman–Crippen LogP) is 4.20. The zero-order valence-electron chi connectivity index (χ0n) is 27.5. The van der Waals surface area contributed by atoms with Gasteiger partial charge in [-0.15, -0.1) is 0 Å². The van der Waals surface area contributed by atoms with Gasteiger partial charge in [-0.2, -0.15) is 0 Å². The van der Waals surface area contributed by atoms with Crippen LogP contribution in [0.1, 0.15) is 31.8 Å². The Hall–Kier alpha value is -4.42. The highest BCUT2D eigenvalue weighted by Crippen LogP contribution is 2.08. The van der Waals surface area contributed by atoms with Crippen LogP contribution in [0.5, 0.6) is 0 Å². The second kappa shape index (κ2) is 29.0. The summed E-state index contributed by atoms with van der Waals surface area (Å²) in [6, 6.07) is 38.3. The fraction of sp³-hybridized carbons (Fsp3) is 0.297. The summed E-state index contributed by atoms with van der Waals surface area (Å²) in [5.41, 5.74) is 3.69. The van der Waals surface area contributed by atoms with Crippen LogP contribution in [0.4, 0.5) is 0 Å². The van der Waals surface area contributed by atoms with Crippen molar-refractivity contribution in [2.45, 2.75) is 18.6 Å². The van der Waals surface area contributed by atoms with Gasteiger partial charge in [-0.3, -0.25) is 0 Å². The van der Waals surface area contributed by atoms with E-state index >= 15 is 0 Å². The van der Waals surface area contributed by atoms with Crippen molar-refractivity contribution in [2.75, 3.05) is 54.9 Å². The highest BCUT2D eigenvalue weighted by Gasteiger charge is 2.11. The van der Waals surface area contributed by atoms with Crippen molar-refractivity contribution >= 4 is 11.9 Å². The van der Waals surface area contributed by atoms with E-state index in [0.717, 1.165) is 20.6 Å². The maximum absolute atomic E-state index is 11.4. The molecule has 10 heteroatoms. The monoisotopic (exact) mass is 652 g/mol. The molecular weight excluding hydrogens is 604 g/mol. The molecule has 0 radical (unpaired) electrons. The van der Waals surface area contributed by atoms with Crippen LogP contribution < -0.4 is 0 Å². The first kappa shape index (κ1) is 42.6. The number of methoxy groups -OCH3 is 2. The van der Waals surface area contributed by atoms with Crippen molar-refractivity contribution in [3.05, 3.63) is 144 Å². The van der Waals surface area contributed by atoms with Crippen molar-refractivity contribution < 1.29 is 49.0 Å². The highest BCUT2D eigenvalue weighted by molar-refractivity contribution is 5.89. The lowest BCUT2D eigenvalue weighted by Gasteiger charge is -2.09. The summed E-state index contributed by atoms with van der Waals surface area (Å²) in [5, 5.41) is 32.5. The van der Waals surface area contributed by atoms with Crippen molar-refractivity contribution in [1.29, 1.82) is 0 Å². The number of hydrogen-bond donors (Lipinski definition) is 4. The van der Waals surface area contributed by atoms with E-state index in [1.54, 1.807) is 48.5 Å². The Bertz CT molecular complexity index is 1170. The second-order valence-corrected chi connectivity index (χ2v) is 9.30. The molecule has 0 amide bonds. The Morgan fingerprint density at radius 3 is 1.04 bits per heavy atom. The summed E-state index contributed by atoms with van der Waals surface area (Å²) in [7, 11) is 4.95. The van der Waals surface area contributed by atoms with Gasteiger partial charge in [0, 0.05) is 28.4 Å². The largest absolute Gasteiger partial charge is 0.459 e. The molecule has 2 unspecified atom stereocenters. The molecule has 0 saturated heterocycles. The third-order valence-electron chi connectivity index (χ3n) is 5.64. The minimum atomic E-state index is -0.775. The molecule has 4 aromatic rings. The fourth-order valence-corrected chi connectivity index (χ4v) is 3.57. The molecule has 256 valence electrons. The molecule has 2 atom stereocenters. The molecule has 4 rings (SSSR count). The van der Waals surface area contributed by atoms with Crippen LogP contribution in [-0.2, 0) is 25.4 Å². The number of esters is 2. The molecule has 47 heavy (non-hydrogen) atoms. The van der Waals surface area contributed by atoms with Crippen LogP contribution in [0.2, 0.25) is 0 Å². The minimum absolute atomic E-state index is 0.0540. The Morgan fingerprint density at radius 2 is 0.766 bits per heavy atom. The van der Waals surface area contributed by atoms with E-state index in [0.29, 0.717) is 11.1 Å². The lowest BCUT2D eigenvalue weighted by molar-refractivity contribution is -0.0000306.